The minimum Gasteiger partial charge on any atom is -0.481 e. The summed E-state index contributed by atoms with van der Waals surface area (Å²) in [6, 6.07) is -0.656. The molecule has 0 aromatic heterocycles. The lowest BCUT2D eigenvalue weighted by Crippen LogP contribution is -2.51. The van der Waals surface area contributed by atoms with Gasteiger partial charge in [-0.3, -0.25) is 9.59 Å². The predicted octanol–water partition coefficient (Wildman–Crippen LogP) is 0.503. The zero-order chi connectivity index (χ0) is 15.4. The van der Waals surface area contributed by atoms with Crippen molar-refractivity contribution in [1.29, 1.82) is 0 Å². The van der Waals surface area contributed by atoms with Gasteiger partial charge in [-0.25, -0.2) is 4.79 Å². The summed E-state index contributed by atoms with van der Waals surface area (Å²) in [5, 5.41) is 12.0. The van der Waals surface area contributed by atoms with Crippen molar-refractivity contribution in [2.24, 2.45) is 5.92 Å². The highest BCUT2D eigenvalue weighted by molar-refractivity contribution is 5.84. The molecular formula is C14H23N3O4. The van der Waals surface area contributed by atoms with Crippen molar-refractivity contribution < 1.29 is 19.5 Å². The number of aliphatic carboxylic acids is 1. The maximum atomic E-state index is 12.3. The second-order valence-electron chi connectivity index (χ2n) is 5.88. The molecule has 21 heavy (non-hydrogen) atoms. The molecule has 0 aromatic rings. The lowest BCUT2D eigenvalue weighted by molar-refractivity contribution is -0.143. The minimum atomic E-state index is -0.855. The Morgan fingerprint density at radius 3 is 2.62 bits per heavy atom. The van der Waals surface area contributed by atoms with E-state index in [1.165, 1.54) is 4.90 Å². The van der Waals surface area contributed by atoms with Crippen LogP contribution in [0.2, 0.25) is 0 Å². The van der Waals surface area contributed by atoms with Gasteiger partial charge in [-0.15, -0.1) is 0 Å². The molecule has 2 rings (SSSR count). The number of carbonyl (C=O) groups is 3. The molecule has 1 saturated heterocycles. The number of nitrogens with zero attached hydrogens (tertiary/aromatic N) is 2. The molecule has 0 aromatic carbocycles. The fourth-order valence-electron chi connectivity index (χ4n) is 3.01. The fraction of sp³-hybridized carbons (Fsp3) is 0.786. The van der Waals surface area contributed by atoms with Crippen molar-refractivity contribution in [3.63, 3.8) is 0 Å². The largest absolute Gasteiger partial charge is 0.481 e. The SMILES string of the molecule is CN1CCCN(C(=O)NC2CCCCC2C(=O)O)CC1=O. The Morgan fingerprint density at radius 2 is 1.90 bits per heavy atom. The number of rotatable bonds is 2. The Hall–Kier alpha value is -1.79. The van der Waals surface area contributed by atoms with Gasteiger partial charge in [0.25, 0.3) is 0 Å². The van der Waals surface area contributed by atoms with Gasteiger partial charge in [0.15, 0.2) is 0 Å². The lowest BCUT2D eigenvalue weighted by atomic mass is 9.84. The molecule has 2 unspecified atom stereocenters. The third kappa shape index (κ3) is 3.86. The van der Waals surface area contributed by atoms with E-state index in [-0.39, 0.29) is 24.5 Å². The highest BCUT2D eigenvalue weighted by Crippen LogP contribution is 2.24. The van der Waals surface area contributed by atoms with Crippen LogP contribution < -0.4 is 5.32 Å². The van der Waals surface area contributed by atoms with Gasteiger partial charge in [-0.05, 0) is 19.3 Å². The van der Waals surface area contributed by atoms with Crippen molar-refractivity contribution in [3.05, 3.63) is 0 Å². The van der Waals surface area contributed by atoms with E-state index in [1.807, 2.05) is 0 Å². The predicted molar refractivity (Wildman–Crippen MR) is 75.7 cm³/mol. The smallest absolute Gasteiger partial charge is 0.318 e. The van der Waals surface area contributed by atoms with Crippen LogP contribution in [0.3, 0.4) is 0 Å². The van der Waals surface area contributed by atoms with E-state index in [2.05, 4.69) is 5.32 Å². The average molecular weight is 297 g/mol. The number of carbonyl (C=O) groups excluding carboxylic acids is 2. The number of nitrogens with one attached hydrogen (secondary N) is 1. The highest BCUT2D eigenvalue weighted by Gasteiger charge is 2.33. The Morgan fingerprint density at radius 1 is 1.19 bits per heavy atom. The van der Waals surface area contributed by atoms with E-state index in [0.717, 1.165) is 19.3 Å². The van der Waals surface area contributed by atoms with Gasteiger partial charge in [-0.2, -0.15) is 0 Å². The van der Waals surface area contributed by atoms with Gasteiger partial charge in [0, 0.05) is 26.2 Å². The molecule has 2 fully saturated rings. The molecule has 2 N–H and O–H groups in total. The van der Waals surface area contributed by atoms with Gasteiger partial charge in [0.2, 0.25) is 5.91 Å². The zero-order valence-electron chi connectivity index (χ0n) is 12.4. The van der Waals surface area contributed by atoms with Crippen LogP contribution in [0.15, 0.2) is 0 Å². The van der Waals surface area contributed by atoms with E-state index in [0.29, 0.717) is 25.9 Å². The summed E-state index contributed by atoms with van der Waals surface area (Å²) in [6.45, 7) is 1.23. The third-order valence-electron chi connectivity index (χ3n) is 4.35. The van der Waals surface area contributed by atoms with Crippen molar-refractivity contribution >= 4 is 17.9 Å². The molecule has 1 aliphatic carbocycles. The maximum Gasteiger partial charge on any atom is 0.318 e. The van der Waals surface area contributed by atoms with E-state index in [1.54, 1.807) is 11.9 Å². The summed E-state index contributed by atoms with van der Waals surface area (Å²) in [6.07, 6.45) is 3.84. The molecule has 118 valence electrons. The summed E-state index contributed by atoms with van der Waals surface area (Å²) in [5.41, 5.74) is 0. The summed E-state index contributed by atoms with van der Waals surface area (Å²) in [4.78, 5) is 38.4. The molecule has 7 nitrogen and oxygen atoms in total. The minimum absolute atomic E-state index is 0.0623. The molecule has 3 amide bonds. The third-order valence-corrected chi connectivity index (χ3v) is 4.35. The first-order valence-electron chi connectivity index (χ1n) is 7.51. The van der Waals surface area contributed by atoms with E-state index >= 15 is 0 Å². The van der Waals surface area contributed by atoms with Crippen molar-refractivity contribution in [2.75, 3.05) is 26.7 Å². The topological polar surface area (TPSA) is 89.9 Å². The van der Waals surface area contributed by atoms with Crippen molar-refractivity contribution in [1.82, 2.24) is 15.1 Å². The monoisotopic (exact) mass is 297 g/mol. The molecule has 1 aliphatic heterocycles. The quantitative estimate of drug-likeness (QED) is 0.777. The number of amides is 3. The van der Waals surface area contributed by atoms with Crippen molar-refractivity contribution in [2.45, 2.75) is 38.1 Å². The van der Waals surface area contributed by atoms with Gasteiger partial charge < -0.3 is 20.2 Å². The molecule has 0 spiro atoms. The number of carboxylic acid groups (broad SMARTS) is 1. The number of hydrogen-bond donors (Lipinski definition) is 2. The number of carboxylic acids is 1. The van der Waals surface area contributed by atoms with Crippen LogP contribution in [0, 0.1) is 5.92 Å². The second-order valence-corrected chi connectivity index (χ2v) is 5.88. The Bertz CT molecular complexity index is 426. The number of likely N-dealkylation sites (N-methyl/N-ethyl adjacent to an activating group) is 1. The van der Waals surface area contributed by atoms with Crippen LogP contribution in [-0.4, -0.2) is 65.5 Å². The molecule has 0 bridgehead atoms. The van der Waals surface area contributed by atoms with Crippen LogP contribution in [-0.2, 0) is 9.59 Å². The van der Waals surface area contributed by atoms with Crippen LogP contribution in [0.1, 0.15) is 32.1 Å². The van der Waals surface area contributed by atoms with E-state index in [9.17, 15) is 19.5 Å². The second kappa shape index (κ2) is 6.78. The Balaban J connectivity index is 1.96. The molecular weight excluding hydrogens is 274 g/mol. The average Bonchev–Trinajstić information content (AvgIpc) is 2.61. The maximum absolute atomic E-state index is 12.3. The van der Waals surface area contributed by atoms with Crippen LogP contribution in [0.25, 0.3) is 0 Å². The summed E-state index contributed by atoms with van der Waals surface area (Å²) in [5.74, 6) is -1.46. The summed E-state index contributed by atoms with van der Waals surface area (Å²) < 4.78 is 0. The Kier molecular flexibility index (Phi) is 5.03. The van der Waals surface area contributed by atoms with Gasteiger partial charge in [0.1, 0.15) is 6.54 Å². The van der Waals surface area contributed by atoms with Crippen molar-refractivity contribution in [3.8, 4) is 0 Å². The normalized spacial score (nSPS) is 27.2. The molecule has 7 heteroatoms. The molecule has 2 aliphatic rings. The van der Waals surface area contributed by atoms with Crippen LogP contribution in [0.4, 0.5) is 4.79 Å². The number of hydrogen-bond acceptors (Lipinski definition) is 3. The summed E-state index contributed by atoms with van der Waals surface area (Å²) >= 11 is 0. The molecule has 1 heterocycles. The van der Waals surface area contributed by atoms with Crippen LogP contribution >= 0.6 is 0 Å². The zero-order valence-corrected chi connectivity index (χ0v) is 12.4. The van der Waals surface area contributed by atoms with Gasteiger partial charge in [0.05, 0.1) is 5.92 Å². The molecule has 0 radical (unpaired) electrons. The Labute approximate surface area is 124 Å². The van der Waals surface area contributed by atoms with E-state index < -0.39 is 11.9 Å². The first-order chi connectivity index (χ1) is 9.99. The first-order valence-corrected chi connectivity index (χ1v) is 7.51. The fourth-order valence-corrected chi connectivity index (χ4v) is 3.01. The summed E-state index contributed by atoms with van der Waals surface area (Å²) in [7, 11) is 1.73. The van der Waals surface area contributed by atoms with E-state index in [4.69, 9.17) is 0 Å². The standard InChI is InChI=1S/C14H23N3O4/c1-16-7-4-8-17(9-12(16)18)14(21)15-11-6-3-2-5-10(11)13(19)20/h10-11H,2-9H2,1H3,(H,15,21)(H,19,20). The van der Waals surface area contributed by atoms with Crippen LogP contribution in [0.5, 0.6) is 0 Å². The molecule has 1 saturated carbocycles. The van der Waals surface area contributed by atoms with Gasteiger partial charge in [-0.1, -0.05) is 12.8 Å². The van der Waals surface area contributed by atoms with Gasteiger partial charge >= 0.3 is 12.0 Å². The molecule has 2 atom stereocenters. The lowest BCUT2D eigenvalue weighted by Gasteiger charge is -2.31. The highest BCUT2D eigenvalue weighted by atomic mass is 16.4. The first kappa shape index (κ1) is 15.6. The number of urea groups is 1.